The minimum absolute atomic E-state index is 0.0361. The van der Waals surface area contributed by atoms with Crippen molar-refractivity contribution in [2.24, 2.45) is 0 Å². The van der Waals surface area contributed by atoms with E-state index in [-0.39, 0.29) is 23.5 Å². The largest absolute Gasteiger partial charge is 0.478 e. The first-order valence-electron chi connectivity index (χ1n) is 6.91. The van der Waals surface area contributed by atoms with Gasteiger partial charge in [-0.2, -0.15) is 11.8 Å². The quantitative estimate of drug-likeness (QED) is 0.858. The summed E-state index contributed by atoms with van der Waals surface area (Å²) in [6.45, 7) is 4.13. The molecule has 0 spiro atoms. The van der Waals surface area contributed by atoms with Crippen LogP contribution in [0.5, 0.6) is 0 Å². The van der Waals surface area contributed by atoms with Crippen LogP contribution in [0.3, 0.4) is 0 Å². The molecular formula is C15H20N2O3S. The van der Waals surface area contributed by atoms with E-state index in [2.05, 4.69) is 9.55 Å². The Bertz CT molecular complexity index is 650. The maximum Gasteiger partial charge on any atom is 0.335 e. The Morgan fingerprint density at radius 2 is 2.19 bits per heavy atom. The van der Waals surface area contributed by atoms with Crippen LogP contribution < -0.4 is 0 Å². The van der Waals surface area contributed by atoms with Crippen LogP contribution >= 0.6 is 11.8 Å². The number of nitrogens with zero attached hydrogens (tertiary/aromatic N) is 2. The number of hydrogen-bond donors (Lipinski definition) is 2. The van der Waals surface area contributed by atoms with Gasteiger partial charge in [0.05, 0.1) is 23.2 Å². The van der Waals surface area contributed by atoms with Crippen molar-refractivity contribution in [2.45, 2.75) is 31.6 Å². The lowest BCUT2D eigenvalue weighted by molar-refractivity contribution is 0.0697. The molecule has 5 nitrogen and oxygen atoms in total. The molecule has 0 radical (unpaired) electrons. The third-order valence-corrected chi connectivity index (χ3v) is 4.90. The average Bonchev–Trinajstić information content (AvgIpc) is 2.85. The van der Waals surface area contributed by atoms with Gasteiger partial charge >= 0.3 is 5.97 Å². The van der Waals surface area contributed by atoms with Gasteiger partial charge < -0.3 is 14.8 Å². The molecule has 6 heteroatoms. The third-order valence-electron chi connectivity index (χ3n) is 3.75. The number of aliphatic hydroxyl groups excluding tert-OH is 1. The fraction of sp³-hybridized carbons (Fsp3) is 0.467. The Kier molecular flexibility index (Phi) is 4.90. The lowest BCUT2D eigenvalue weighted by atomic mass is 10.1. The van der Waals surface area contributed by atoms with E-state index in [1.807, 2.05) is 20.1 Å². The average molecular weight is 308 g/mol. The zero-order valence-electron chi connectivity index (χ0n) is 12.4. The normalized spacial score (nSPS) is 14.3. The molecule has 0 aliphatic carbocycles. The molecule has 1 aromatic carbocycles. The fourth-order valence-corrected chi connectivity index (χ4v) is 3.23. The summed E-state index contributed by atoms with van der Waals surface area (Å²) in [6, 6.07) is 5.02. The predicted octanol–water partition coefficient (Wildman–Crippen LogP) is 2.58. The highest BCUT2D eigenvalue weighted by atomic mass is 32.2. The van der Waals surface area contributed by atoms with Gasteiger partial charge in [0, 0.05) is 17.7 Å². The number of aromatic carboxylic acids is 1. The van der Waals surface area contributed by atoms with Crippen LogP contribution in [-0.4, -0.2) is 43.8 Å². The lowest BCUT2D eigenvalue weighted by Crippen LogP contribution is -2.23. The fourth-order valence-electron chi connectivity index (χ4n) is 2.57. The van der Waals surface area contributed by atoms with Gasteiger partial charge in [0.2, 0.25) is 0 Å². The van der Waals surface area contributed by atoms with Crippen LogP contribution in [0.15, 0.2) is 18.2 Å². The number of carboxylic acids is 1. The monoisotopic (exact) mass is 308 g/mol. The number of carboxylic acid groups (broad SMARTS) is 1. The van der Waals surface area contributed by atoms with E-state index in [1.165, 1.54) is 0 Å². The van der Waals surface area contributed by atoms with E-state index in [1.54, 1.807) is 30.0 Å². The number of carbonyl (C=O) groups is 1. The van der Waals surface area contributed by atoms with Crippen molar-refractivity contribution in [2.75, 3.05) is 12.9 Å². The third kappa shape index (κ3) is 2.91. The second kappa shape index (κ2) is 6.49. The van der Waals surface area contributed by atoms with Crippen LogP contribution in [0.4, 0.5) is 0 Å². The highest BCUT2D eigenvalue weighted by Crippen LogP contribution is 2.28. The zero-order valence-corrected chi connectivity index (χ0v) is 13.2. The summed E-state index contributed by atoms with van der Waals surface area (Å²) in [4.78, 5) is 15.8. The second-order valence-corrected chi connectivity index (χ2v) is 6.03. The Morgan fingerprint density at radius 1 is 1.48 bits per heavy atom. The molecule has 2 N–H and O–H groups in total. The summed E-state index contributed by atoms with van der Waals surface area (Å²) in [5.41, 5.74) is 1.86. The Morgan fingerprint density at radius 3 is 2.71 bits per heavy atom. The van der Waals surface area contributed by atoms with Crippen molar-refractivity contribution in [3.63, 3.8) is 0 Å². The molecule has 0 saturated heterocycles. The molecule has 21 heavy (non-hydrogen) atoms. The van der Waals surface area contributed by atoms with Gasteiger partial charge in [-0.25, -0.2) is 9.78 Å². The van der Waals surface area contributed by atoms with Crippen molar-refractivity contribution >= 4 is 28.8 Å². The highest BCUT2D eigenvalue weighted by Gasteiger charge is 2.22. The number of imidazole rings is 1. The smallest absolute Gasteiger partial charge is 0.335 e. The minimum atomic E-state index is -0.945. The predicted molar refractivity (Wildman–Crippen MR) is 85.2 cm³/mol. The van der Waals surface area contributed by atoms with Crippen LogP contribution in [0.2, 0.25) is 0 Å². The SMILES string of the molecule is CCc1nc2ccc(C(=O)O)cc2n1C(C)C(CO)SC. The topological polar surface area (TPSA) is 75.3 Å². The number of benzene rings is 1. The summed E-state index contributed by atoms with van der Waals surface area (Å²) in [6.07, 6.45) is 2.72. The van der Waals surface area contributed by atoms with E-state index in [4.69, 9.17) is 5.11 Å². The van der Waals surface area contributed by atoms with Gasteiger partial charge in [0.1, 0.15) is 5.82 Å². The molecule has 2 aromatic rings. The summed E-state index contributed by atoms with van der Waals surface area (Å²) in [5.74, 6) is -0.0357. The maximum atomic E-state index is 11.2. The molecule has 0 amide bonds. The highest BCUT2D eigenvalue weighted by molar-refractivity contribution is 7.99. The Hall–Kier alpha value is -1.53. The number of thioether (sulfide) groups is 1. The van der Waals surface area contributed by atoms with Gasteiger partial charge in [0.25, 0.3) is 0 Å². The number of aryl methyl sites for hydroxylation is 1. The Balaban J connectivity index is 2.63. The van der Waals surface area contributed by atoms with Gasteiger partial charge in [-0.3, -0.25) is 0 Å². The van der Waals surface area contributed by atoms with E-state index >= 15 is 0 Å². The number of aromatic nitrogens is 2. The van der Waals surface area contributed by atoms with E-state index in [9.17, 15) is 9.90 Å². The van der Waals surface area contributed by atoms with E-state index in [0.29, 0.717) is 0 Å². The number of rotatable bonds is 6. The van der Waals surface area contributed by atoms with Crippen LogP contribution in [-0.2, 0) is 6.42 Å². The molecule has 0 saturated carbocycles. The molecule has 1 aromatic heterocycles. The molecule has 2 atom stereocenters. The van der Waals surface area contributed by atoms with Gasteiger partial charge in [-0.1, -0.05) is 6.92 Å². The van der Waals surface area contributed by atoms with Crippen LogP contribution in [0.1, 0.15) is 36.1 Å². The molecule has 2 rings (SSSR count). The van der Waals surface area contributed by atoms with Gasteiger partial charge in [-0.15, -0.1) is 0 Å². The maximum absolute atomic E-state index is 11.2. The van der Waals surface area contributed by atoms with E-state index < -0.39 is 5.97 Å². The number of hydrogen-bond acceptors (Lipinski definition) is 4. The summed E-state index contributed by atoms with van der Waals surface area (Å²) < 4.78 is 2.05. The lowest BCUT2D eigenvalue weighted by Gasteiger charge is -2.24. The standard InChI is InChI=1S/C15H20N2O3S/c1-4-14-16-11-6-5-10(15(19)20)7-12(11)17(14)9(2)13(8-18)21-3/h5-7,9,13,18H,4,8H2,1-3H3,(H,19,20). The van der Waals surface area contributed by atoms with E-state index in [0.717, 1.165) is 23.3 Å². The van der Waals surface area contributed by atoms with Crippen LogP contribution in [0.25, 0.3) is 11.0 Å². The number of fused-ring (bicyclic) bond motifs is 1. The van der Waals surface area contributed by atoms with Gasteiger partial charge in [-0.05, 0) is 31.4 Å². The molecule has 0 aliphatic rings. The minimum Gasteiger partial charge on any atom is -0.478 e. The second-order valence-electron chi connectivity index (χ2n) is 4.96. The van der Waals surface area contributed by atoms with Crippen molar-refractivity contribution in [1.82, 2.24) is 9.55 Å². The molecule has 114 valence electrons. The molecule has 0 bridgehead atoms. The zero-order chi connectivity index (χ0) is 15.6. The summed E-state index contributed by atoms with van der Waals surface area (Å²) in [7, 11) is 0. The first-order chi connectivity index (χ1) is 10.0. The van der Waals surface area contributed by atoms with Crippen LogP contribution in [0, 0.1) is 0 Å². The first-order valence-corrected chi connectivity index (χ1v) is 8.20. The molecular weight excluding hydrogens is 288 g/mol. The molecule has 1 heterocycles. The van der Waals surface area contributed by atoms with Crippen molar-refractivity contribution in [3.8, 4) is 0 Å². The van der Waals surface area contributed by atoms with Crippen molar-refractivity contribution in [3.05, 3.63) is 29.6 Å². The number of aliphatic hydroxyl groups is 1. The van der Waals surface area contributed by atoms with Gasteiger partial charge in [0.15, 0.2) is 0 Å². The molecule has 2 unspecified atom stereocenters. The molecule has 0 aliphatic heterocycles. The Labute approximate surface area is 128 Å². The first kappa shape index (κ1) is 15.9. The summed E-state index contributed by atoms with van der Waals surface area (Å²) in [5, 5.41) is 18.7. The molecule has 0 fully saturated rings. The van der Waals surface area contributed by atoms with Crippen molar-refractivity contribution < 1.29 is 15.0 Å². The summed E-state index contributed by atoms with van der Waals surface area (Å²) >= 11 is 1.60. The van der Waals surface area contributed by atoms with Crippen molar-refractivity contribution in [1.29, 1.82) is 0 Å².